The van der Waals surface area contributed by atoms with Crippen LogP contribution < -0.4 is 0 Å². The summed E-state index contributed by atoms with van der Waals surface area (Å²) in [7, 11) is 0. The summed E-state index contributed by atoms with van der Waals surface area (Å²) in [5.41, 5.74) is 1.96. The smallest absolute Gasteiger partial charge is 0.257 e. The second-order valence-corrected chi connectivity index (χ2v) is 7.15. The van der Waals surface area contributed by atoms with Crippen LogP contribution in [0.5, 0.6) is 0 Å². The van der Waals surface area contributed by atoms with Gasteiger partial charge in [-0.2, -0.15) is 0 Å². The van der Waals surface area contributed by atoms with Crippen molar-refractivity contribution in [3.63, 3.8) is 0 Å². The van der Waals surface area contributed by atoms with E-state index in [0.717, 1.165) is 45.7 Å². The maximum Gasteiger partial charge on any atom is 0.257 e. The molecule has 0 N–H and O–H groups in total. The Bertz CT molecular complexity index is 737. The van der Waals surface area contributed by atoms with E-state index < -0.39 is 0 Å². The van der Waals surface area contributed by atoms with Crippen LogP contribution in [-0.2, 0) is 11.2 Å². The Morgan fingerprint density at radius 3 is 2.58 bits per heavy atom. The monoisotopic (exact) mass is 354 g/mol. The number of hydrogen-bond acceptors (Lipinski definition) is 4. The summed E-state index contributed by atoms with van der Waals surface area (Å²) >= 11 is 0. The summed E-state index contributed by atoms with van der Waals surface area (Å²) in [5.74, 6) is 0.788. The molecule has 0 aliphatic carbocycles. The summed E-state index contributed by atoms with van der Waals surface area (Å²) in [5, 5.41) is 0. The quantitative estimate of drug-likeness (QED) is 0.847. The van der Waals surface area contributed by atoms with Crippen molar-refractivity contribution < 1.29 is 13.9 Å². The number of morpholine rings is 1. The van der Waals surface area contributed by atoms with Gasteiger partial charge in [-0.25, -0.2) is 0 Å². The van der Waals surface area contributed by atoms with Gasteiger partial charge in [0.05, 0.1) is 31.1 Å². The summed E-state index contributed by atoms with van der Waals surface area (Å²) in [6.07, 6.45) is 3.50. The van der Waals surface area contributed by atoms with Crippen LogP contribution in [0.2, 0.25) is 0 Å². The normalized spacial score (nSPS) is 24.1. The summed E-state index contributed by atoms with van der Waals surface area (Å²) < 4.78 is 10.9. The maximum absolute atomic E-state index is 13.2. The van der Waals surface area contributed by atoms with Gasteiger partial charge in [0.1, 0.15) is 5.76 Å². The third-order valence-corrected chi connectivity index (χ3v) is 5.66. The Hall–Kier alpha value is -2.11. The molecule has 2 saturated heterocycles. The molecule has 2 aliphatic heterocycles. The molecule has 138 valence electrons. The van der Waals surface area contributed by atoms with Crippen molar-refractivity contribution in [2.45, 2.75) is 31.8 Å². The number of furan rings is 1. The highest BCUT2D eigenvalue weighted by Crippen LogP contribution is 2.29. The standard InChI is InChI=1S/C21H26N2O3/c1-16-18(8-12-26-16)21(24)23-9-7-19(22-10-13-25-14-11-22)20(23)15-17-5-3-2-4-6-17/h2-6,8,12,19-20H,7,9-11,13-15H2,1H3/t19-,20+/m0/s1. The van der Waals surface area contributed by atoms with Gasteiger partial charge in [-0.05, 0) is 31.4 Å². The number of aryl methyl sites for hydroxylation is 1. The van der Waals surface area contributed by atoms with Gasteiger partial charge < -0.3 is 14.1 Å². The predicted molar refractivity (Wildman–Crippen MR) is 99.2 cm³/mol. The molecule has 5 heteroatoms. The number of amides is 1. The Morgan fingerprint density at radius 1 is 1.12 bits per heavy atom. The van der Waals surface area contributed by atoms with Gasteiger partial charge in [0.2, 0.25) is 0 Å². The van der Waals surface area contributed by atoms with Gasteiger partial charge in [0.25, 0.3) is 5.91 Å². The molecule has 0 spiro atoms. The first kappa shape index (κ1) is 17.3. The van der Waals surface area contributed by atoms with E-state index in [1.165, 1.54) is 5.56 Å². The fraction of sp³-hybridized carbons (Fsp3) is 0.476. The fourth-order valence-electron chi connectivity index (χ4n) is 4.29. The molecular formula is C21H26N2O3. The first-order valence-electron chi connectivity index (χ1n) is 9.45. The average molecular weight is 354 g/mol. The molecule has 26 heavy (non-hydrogen) atoms. The summed E-state index contributed by atoms with van der Waals surface area (Å²) in [6.45, 7) is 6.11. The van der Waals surface area contributed by atoms with E-state index >= 15 is 0 Å². The number of hydrogen-bond donors (Lipinski definition) is 0. The molecule has 2 atom stereocenters. The SMILES string of the molecule is Cc1occc1C(=O)N1CC[C@H](N2CCOCC2)[C@H]1Cc1ccccc1. The van der Waals surface area contributed by atoms with Crippen LogP contribution in [0.1, 0.15) is 28.1 Å². The van der Waals surface area contributed by atoms with E-state index in [4.69, 9.17) is 9.15 Å². The molecule has 2 fully saturated rings. The maximum atomic E-state index is 13.2. The zero-order valence-electron chi connectivity index (χ0n) is 15.3. The number of benzene rings is 1. The van der Waals surface area contributed by atoms with Crippen molar-refractivity contribution in [1.29, 1.82) is 0 Å². The van der Waals surface area contributed by atoms with Crippen LogP contribution in [0.4, 0.5) is 0 Å². The van der Waals surface area contributed by atoms with Crippen LogP contribution in [0, 0.1) is 6.92 Å². The van der Waals surface area contributed by atoms with Crippen molar-refractivity contribution in [2.75, 3.05) is 32.8 Å². The molecule has 5 nitrogen and oxygen atoms in total. The van der Waals surface area contributed by atoms with Gasteiger partial charge in [-0.1, -0.05) is 30.3 Å². The van der Waals surface area contributed by atoms with Crippen molar-refractivity contribution in [1.82, 2.24) is 9.80 Å². The number of likely N-dealkylation sites (tertiary alicyclic amines) is 1. The van der Waals surface area contributed by atoms with Crippen molar-refractivity contribution in [3.05, 3.63) is 59.5 Å². The molecule has 1 amide bonds. The van der Waals surface area contributed by atoms with Gasteiger partial charge in [0.15, 0.2) is 0 Å². The lowest BCUT2D eigenvalue weighted by Crippen LogP contribution is -2.51. The van der Waals surface area contributed by atoms with Crippen molar-refractivity contribution >= 4 is 5.91 Å². The molecule has 0 unspecified atom stereocenters. The predicted octanol–water partition coefficient (Wildman–Crippen LogP) is 2.75. The third kappa shape index (κ3) is 3.41. The van der Waals surface area contributed by atoms with E-state index in [1.54, 1.807) is 12.3 Å². The summed E-state index contributed by atoms with van der Waals surface area (Å²) in [4.78, 5) is 17.7. The second-order valence-electron chi connectivity index (χ2n) is 7.15. The number of carbonyl (C=O) groups excluding carboxylic acids is 1. The molecule has 0 saturated carbocycles. The number of ether oxygens (including phenoxy) is 1. The zero-order chi connectivity index (χ0) is 17.9. The highest BCUT2D eigenvalue weighted by molar-refractivity contribution is 5.95. The minimum Gasteiger partial charge on any atom is -0.469 e. The minimum atomic E-state index is 0.0907. The Balaban J connectivity index is 1.59. The van der Waals surface area contributed by atoms with Crippen LogP contribution in [0.15, 0.2) is 47.1 Å². The van der Waals surface area contributed by atoms with Crippen LogP contribution >= 0.6 is 0 Å². The zero-order valence-corrected chi connectivity index (χ0v) is 15.3. The lowest BCUT2D eigenvalue weighted by molar-refractivity contribution is 0.00863. The molecule has 1 aromatic carbocycles. The molecule has 4 rings (SSSR count). The minimum absolute atomic E-state index is 0.0907. The van der Waals surface area contributed by atoms with Crippen LogP contribution in [0.25, 0.3) is 0 Å². The van der Waals surface area contributed by atoms with Crippen molar-refractivity contribution in [3.8, 4) is 0 Å². The van der Waals surface area contributed by atoms with E-state index in [2.05, 4.69) is 34.1 Å². The van der Waals surface area contributed by atoms with Crippen LogP contribution in [-0.4, -0.2) is 60.6 Å². The lowest BCUT2D eigenvalue weighted by Gasteiger charge is -2.37. The van der Waals surface area contributed by atoms with Gasteiger partial charge in [0, 0.05) is 25.7 Å². The number of carbonyl (C=O) groups is 1. The topological polar surface area (TPSA) is 45.9 Å². The Morgan fingerprint density at radius 2 is 1.88 bits per heavy atom. The number of rotatable bonds is 4. The lowest BCUT2D eigenvalue weighted by atomic mass is 9.98. The molecule has 2 aliphatic rings. The molecule has 3 heterocycles. The van der Waals surface area contributed by atoms with Gasteiger partial charge >= 0.3 is 0 Å². The average Bonchev–Trinajstić information content (AvgIpc) is 3.29. The highest BCUT2D eigenvalue weighted by atomic mass is 16.5. The highest BCUT2D eigenvalue weighted by Gasteiger charge is 2.41. The van der Waals surface area contributed by atoms with Crippen LogP contribution in [0.3, 0.4) is 0 Å². The first-order chi connectivity index (χ1) is 12.7. The molecule has 0 bridgehead atoms. The fourth-order valence-corrected chi connectivity index (χ4v) is 4.29. The van der Waals surface area contributed by atoms with Gasteiger partial charge in [-0.15, -0.1) is 0 Å². The van der Waals surface area contributed by atoms with E-state index in [1.807, 2.05) is 13.0 Å². The van der Waals surface area contributed by atoms with Crippen molar-refractivity contribution in [2.24, 2.45) is 0 Å². The second kappa shape index (κ2) is 7.64. The summed E-state index contributed by atoms with van der Waals surface area (Å²) in [6, 6.07) is 12.8. The third-order valence-electron chi connectivity index (χ3n) is 5.66. The molecule has 1 aromatic heterocycles. The first-order valence-corrected chi connectivity index (χ1v) is 9.45. The molecule has 2 aromatic rings. The Kier molecular flexibility index (Phi) is 5.09. The molecule has 0 radical (unpaired) electrons. The largest absolute Gasteiger partial charge is 0.469 e. The molecular weight excluding hydrogens is 328 g/mol. The van der Waals surface area contributed by atoms with E-state index in [9.17, 15) is 4.79 Å². The van der Waals surface area contributed by atoms with E-state index in [0.29, 0.717) is 17.4 Å². The Labute approximate surface area is 154 Å². The van der Waals surface area contributed by atoms with E-state index in [-0.39, 0.29) is 11.9 Å². The van der Waals surface area contributed by atoms with Gasteiger partial charge in [-0.3, -0.25) is 9.69 Å². The number of nitrogens with zero attached hydrogens (tertiary/aromatic N) is 2.